The van der Waals surface area contributed by atoms with Crippen LogP contribution in [0.25, 0.3) is 22.6 Å². The van der Waals surface area contributed by atoms with Gasteiger partial charge in [-0.3, -0.25) is 4.79 Å². The van der Waals surface area contributed by atoms with E-state index in [0.29, 0.717) is 34.5 Å². The number of aromatic nitrogens is 2. The smallest absolute Gasteiger partial charge is 0.259 e. The highest BCUT2D eigenvalue weighted by Gasteiger charge is 2.40. The molecular formula is C17H17N3O5S. The van der Waals surface area contributed by atoms with Crippen molar-refractivity contribution in [1.29, 1.82) is 0 Å². The molecule has 1 atom stereocenters. The number of hydrogen-bond acceptors (Lipinski definition) is 7. The molecule has 0 saturated carbocycles. The fraction of sp³-hybridized carbons (Fsp3) is 0.353. The van der Waals surface area contributed by atoms with Crippen LogP contribution in [0.15, 0.2) is 33.4 Å². The van der Waals surface area contributed by atoms with Gasteiger partial charge in [0.1, 0.15) is 5.69 Å². The van der Waals surface area contributed by atoms with Crippen molar-refractivity contribution in [2.45, 2.75) is 25.8 Å². The zero-order valence-corrected chi connectivity index (χ0v) is 15.1. The molecule has 26 heavy (non-hydrogen) atoms. The Labute approximate surface area is 149 Å². The first-order chi connectivity index (χ1) is 12.3. The van der Waals surface area contributed by atoms with E-state index < -0.39 is 21.3 Å². The molecule has 1 saturated heterocycles. The van der Waals surface area contributed by atoms with E-state index in [4.69, 9.17) is 8.94 Å². The highest BCUT2D eigenvalue weighted by atomic mass is 32.2. The molecule has 8 nitrogen and oxygen atoms in total. The summed E-state index contributed by atoms with van der Waals surface area (Å²) in [5.41, 5.74) is 0.721. The van der Waals surface area contributed by atoms with Crippen molar-refractivity contribution in [3.05, 3.63) is 35.7 Å². The highest BCUT2D eigenvalue weighted by molar-refractivity contribution is 7.91. The number of rotatable bonds is 3. The van der Waals surface area contributed by atoms with Gasteiger partial charge in [-0.15, -0.1) is 0 Å². The first-order valence-electron chi connectivity index (χ1n) is 8.10. The number of carbonyl (C=O) groups is 1. The van der Waals surface area contributed by atoms with Crippen LogP contribution >= 0.6 is 0 Å². The summed E-state index contributed by atoms with van der Waals surface area (Å²) >= 11 is 0. The lowest BCUT2D eigenvalue weighted by Crippen LogP contribution is -2.47. The lowest BCUT2D eigenvalue weighted by atomic mass is 10.0. The molecule has 1 aliphatic rings. The standard InChI is InChI=1S/C17H17N3O5S/c1-10-14-11(15(21)19-17(2)5-7-26(22,23)9-17)8-12(13-4-3-6-24-13)18-16(14)25-20-10/h3-4,6,8H,5,7,9H2,1-2H3,(H,19,21). The average molecular weight is 375 g/mol. The van der Waals surface area contributed by atoms with Gasteiger partial charge >= 0.3 is 0 Å². The molecule has 3 aromatic rings. The van der Waals surface area contributed by atoms with Crippen LogP contribution in [0.4, 0.5) is 0 Å². The summed E-state index contributed by atoms with van der Waals surface area (Å²) in [6, 6.07) is 5.05. The summed E-state index contributed by atoms with van der Waals surface area (Å²) in [6.07, 6.45) is 1.89. The van der Waals surface area contributed by atoms with Gasteiger partial charge in [-0.1, -0.05) is 5.16 Å². The maximum absolute atomic E-state index is 13.0. The Hall–Kier alpha value is -2.68. The molecule has 1 unspecified atom stereocenters. The molecule has 9 heteroatoms. The molecule has 0 aromatic carbocycles. The first-order valence-corrected chi connectivity index (χ1v) is 9.92. The third-order valence-corrected chi connectivity index (χ3v) is 6.46. The van der Waals surface area contributed by atoms with Crippen LogP contribution in [-0.4, -0.2) is 41.5 Å². The van der Waals surface area contributed by atoms with Gasteiger partial charge in [0.25, 0.3) is 11.6 Å². The topological polar surface area (TPSA) is 115 Å². The lowest BCUT2D eigenvalue weighted by molar-refractivity contribution is 0.0917. The van der Waals surface area contributed by atoms with Crippen molar-refractivity contribution in [2.24, 2.45) is 0 Å². The fourth-order valence-corrected chi connectivity index (χ4v) is 5.37. The number of pyridine rings is 1. The largest absolute Gasteiger partial charge is 0.463 e. The summed E-state index contributed by atoms with van der Waals surface area (Å²) in [7, 11) is -3.14. The van der Waals surface area contributed by atoms with Crippen molar-refractivity contribution in [1.82, 2.24) is 15.5 Å². The Morgan fingerprint density at radius 3 is 2.85 bits per heavy atom. The number of nitrogens with zero attached hydrogens (tertiary/aromatic N) is 2. The number of carbonyl (C=O) groups excluding carboxylic acids is 1. The molecule has 0 aliphatic carbocycles. The number of fused-ring (bicyclic) bond motifs is 1. The van der Waals surface area contributed by atoms with E-state index in [2.05, 4.69) is 15.5 Å². The van der Waals surface area contributed by atoms with Gasteiger partial charge in [0.2, 0.25) is 0 Å². The van der Waals surface area contributed by atoms with Gasteiger partial charge in [-0.25, -0.2) is 13.4 Å². The minimum absolute atomic E-state index is 0.0689. The maximum Gasteiger partial charge on any atom is 0.259 e. The predicted octanol–water partition coefficient (Wildman–Crippen LogP) is 2.10. The SMILES string of the molecule is Cc1noc2nc(-c3ccco3)cc(C(=O)NC3(C)CCS(=O)(=O)C3)c12. The van der Waals surface area contributed by atoms with Gasteiger partial charge in [-0.05, 0) is 38.5 Å². The minimum atomic E-state index is -3.14. The molecule has 0 radical (unpaired) electrons. The number of furan rings is 1. The molecule has 4 heterocycles. The van der Waals surface area contributed by atoms with E-state index in [1.54, 1.807) is 32.0 Å². The zero-order valence-electron chi connectivity index (χ0n) is 14.3. The Morgan fingerprint density at radius 2 is 2.19 bits per heavy atom. The van der Waals surface area contributed by atoms with Crippen LogP contribution in [0.1, 0.15) is 29.4 Å². The van der Waals surface area contributed by atoms with Gasteiger partial charge < -0.3 is 14.3 Å². The van der Waals surface area contributed by atoms with E-state index in [0.717, 1.165) is 0 Å². The van der Waals surface area contributed by atoms with E-state index in [9.17, 15) is 13.2 Å². The number of amides is 1. The molecule has 3 aromatic heterocycles. The minimum Gasteiger partial charge on any atom is -0.463 e. The van der Waals surface area contributed by atoms with Crippen molar-refractivity contribution in [3.8, 4) is 11.5 Å². The molecule has 0 bridgehead atoms. The Morgan fingerprint density at radius 1 is 1.38 bits per heavy atom. The van der Waals surface area contributed by atoms with E-state index >= 15 is 0 Å². The number of aryl methyl sites for hydroxylation is 1. The summed E-state index contributed by atoms with van der Waals surface area (Å²) in [4.78, 5) is 17.3. The first kappa shape index (κ1) is 16.8. The normalized spacial score (nSPS) is 21.9. The predicted molar refractivity (Wildman–Crippen MR) is 93.4 cm³/mol. The zero-order chi connectivity index (χ0) is 18.5. The van der Waals surface area contributed by atoms with Gasteiger partial charge in [0, 0.05) is 0 Å². The monoisotopic (exact) mass is 375 g/mol. The summed E-state index contributed by atoms with van der Waals surface area (Å²) in [6.45, 7) is 3.46. The summed E-state index contributed by atoms with van der Waals surface area (Å²) in [5.74, 6) is 0.0911. The number of sulfone groups is 1. The van der Waals surface area contributed by atoms with Crippen LogP contribution in [-0.2, 0) is 9.84 Å². The average Bonchev–Trinajstić information content (AvgIpc) is 3.27. The number of nitrogens with one attached hydrogen (secondary N) is 1. The van der Waals surface area contributed by atoms with E-state index in [-0.39, 0.29) is 17.2 Å². The molecule has 136 valence electrons. The van der Waals surface area contributed by atoms with Gasteiger partial charge in [0.15, 0.2) is 15.6 Å². The van der Waals surface area contributed by atoms with Crippen LogP contribution in [0.3, 0.4) is 0 Å². The molecule has 1 fully saturated rings. The summed E-state index contributed by atoms with van der Waals surface area (Å²) in [5, 5.41) is 7.25. The van der Waals surface area contributed by atoms with E-state index in [1.165, 1.54) is 6.26 Å². The second-order valence-corrected chi connectivity index (χ2v) is 9.02. The van der Waals surface area contributed by atoms with Crippen LogP contribution < -0.4 is 5.32 Å². The third-order valence-electron chi connectivity index (χ3n) is 4.55. The van der Waals surface area contributed by atoms with Crippen LogP contribution in [0.2, 0.25) is 0 Å². The molecule has 1 amide bonds. The van der Waals surface area contributed by atoms with Crippen LogP contribution in [0, 0.1) is 6.92 Å². The number of hydrogen-bond donors (Lipinski definition) is 1. The van der Waals surface area contributed by atoms with E-state index in [1.807, 2.05) is 0 Å². The molecule has 0 spiro atoms. The molecular weight excluding hydrogens is 358 g/mol. The van der Waals surface area contributed by atoms with Crippen molar-refractivity contribution in [3.63, 3.8) is 0 Å². The highest BCUT2D eigenvalue weighted by Crippen LogP contribution is 2.29. The molecule has 4 rings (SSSR count). The lowest BCUT2D eigenvalue weighted by Gasteiger charge is -2.24. The van der Waals surface area contributed by atoms with Crippen molar-refractivity contribution in [2.75, 3.05) is 11.5 Å². The Balaban J connectivity index is 1.77. The third kappa shape index (κ3) is 2.88. The van der Waals surface area contributed by atoms with Crippen LogP contribution in [0.5, 0.6) is 0 Å². The Bertz CT molecular complexity index is 1100. The fourth-order valence-electron chi connectivity index (χ4n) is 3.27. The maximum atomic E-state index is 13.0. The Kier molecular flexibility index (Phi) is 3.65. The van der Waals surface area contributed by atoms with Gasteiger partial charge in [-0.2, -0.15) is 0 Å². The summed E-state index contributed by atoms with van der Waals surface area (Å²) < 4.78 is 34.2. The second kappa shape index (κ2) is 5.66. The molecule has 1 aliphatic heterocycles. The molecule has 1 N–H and O–H groups in total. The van der Waals surface area contributed by atoms with Crippen molar-refractivity contribution < 1.29 is 22.2 Å². The second-order valence-electron chi connectivity index (χ2n) is 6.84. The van der Waals surface area contributed by atoms with Gasteiger partial charge in [0.05, 0.1) is 40.0 Å². The quantitative estimate of drug-likeness (QED) is 0.745. The van der Waals surface area contributed by atoms with Crippen molar-refractivity contribution >= 4 is 26.8 Å².